The van der Waals surface area contributed by atoms with Gasteiger partial charge in [0.2, 0.25) is 0 Å². The number of rotatable bonds is 5. The van der Waals surface area contributed by atoms with Gasteiger partial charge in [-0.3, -0.25) is 0 Å². The molecule has 0 bridgehead atoms. The molecule has 0 amide bonds. The SMILES string of the molecule is CCOC(=O)c1cccc(CCCCl)c1C#N. The molecule has 0 aliphatic heterocycles. The molecular weight excluding hydrogens is 238 g/mol. The molecule has 17 heavy (non-hydrogen) atoms. The molecule has 0 aliphatic rings. The van der Waals surface area contributed by atoms with Gasteiger partial charge in [-0.15, -0.1) is 11.6 Å². The smallest absolute Gasteiger partial charge is 0.339 e. The number of nitrogens with zero attached hydrogens (tertiary/aromatic N) is 1. The van der Waals surface area contributed by atoms with Gasteiger partial charge < -0.3 is 4.74 Å². The summed E-state index contributed by atoms with van der Waals surface area (Å²) >= 11 is 5.62. The van der Waals surface area contributed by atoms with Crippen LogP contribution in [0, 0.1) is 11.3 Å². The molecule has 1 rings (SSSR count). The van der Waals surface area contributed by atoms with Crippen LogP contribution in [0.5, 0.6) is 0 Å². The maximum absolute atomic E-state index is 11.7. The average molecular weight is 252 g/mol. The normalized spacial score (nSPS) is 9.71. The van der Waals surface area contributed by atoms with Crippen LogP contribution in [0.1, 0.15) is 34.8 Å². The van der Waals surface area contributed by atoms with Crippen LogP contribution in [0.3, 0.4) is 0 Å². The minimum atomic E-state index is -0.447. The van der Waals surface area contributed by atoms with Crippen molar-refractivity contribution in [1.29, 1.82) is 5.26 Å². The highest BCUT2D eigenvalue weighted by Crippen LogP contribution is 2.17. The van der Waals surface area contributed by atoms with Crippen molar-refractivity contribution in [3.8, 4) is 6.07 Å². The first-order valence-electron chi connectivity index (χ1n) is 5.49. The predicted molar refractivity (Wildman–Crippen MR) is 66.2 cm³/mol. The van der Waals surface area contributed by atoms with E-state index in [9.17, 15) is 4.79 Å². The average Bonchev–Trinajstić information content (AvgIpc) is 2.36. The van der Waals surface area contributed by atoms with Gasteiger partial charge in [-0.25, -0.2) is 4.79 Å². The number of nitriles is 1. The van der Waals surface area contributed by atoms with E-state index in [1.165, 1.54) is 0 Å². The van der Waals surface area contributed by atoms with Gasteiger partial charge in [0.15, 0.2) is 0 Å². The first kappa shape index (κ1) is 13.5. The van der Waals surface area contributed by atoms with E-state index in [1.807, 2.05) is 6.07 Å². The Morgan fingerprint density at radius 2 is 2.29 bits per heavy atom. The molecule has 0 saturated heterocycles. The number of carbonyl (C=O) groups is 1. The molecule has 0 atom stereocenters. The molecule has 0 heterocycles. The van der Waals surface area contributed by atoms with Crippen LogP contribution in [0.15, 0.2) is 18.2 Å². The Morgan fingerprint density at radius 3 is 2.88 bits per heavy atom. The first-order chi connectivity index (χ1) is 8.24. The van der Waals surface area contributed by atoms with Crippen LogP contribution in [-0.2, 0) is 11.2 Å². The van der Waals surface area contributed by atoms with Gasteiger partial charge in [-0.05, 0) is 31.4 Å². The van der Waals surface area contributed by atoms with Crippen LogP contribution in [0.4, 0.5) is 0 Å². The van der Waals surface area contributed by atoms with Crippen LogP contribution in [-0.4, -0.2) is 18.5 Å². The summed E-state index contributed by atoms with van der Waals surface area (Å²) in [6, 6.07) is 7.28. The number of aryl methyl sites for hydroxylation is 1. The summed E-state index contributed by atoms with van der Waals surface area (Å²) in [5.41, 5.74) is 1.58. The molecular formula is C13H14ClNO2. The van der Waals surface area contributed by atoms with Crippen LogP contribution in [0.25, 0.3) is 0 Å². The third kappa shape index (κ3) is 3.47. The molecule has 0 saturated carbocycles. The lowest BCUT2D eigenvalue weighted by Gasteiger charge is -2.08. The van der Waals surface area contributed by atoms with Crippen LogP contribution >= 0.6 is 11.6 Å². The van der Waals surface area contributed by atoms with E-state index >= 15 is 0 Å². The van der Waals surface area contributed by atoms with E-state index in [1.54, 1.807) is 19.1 Å². The second kappa shape index (κ2) is 6.93. The highest BCUT2D eigenvalue weighted by Gasteiger charge is 2.15. The standard InChI is InChI=1S/C13H14ClNO2/c1-2-17-13(16)11-7-3-5-10(6-4-8-14)12(11)9-15/h3,5,7H,2,4,6,8H2,1H3. The lowest BCUT2D eigenvalue weighted by Crippen LogP contribution is -2.08. The van der Waals surface area contributed by atoms with Crippen LogP contribution in [0.2, 0.25) is 0 Å². The van der Waals surface area contributed by atoms with Gasteiger partial charge in [-0.1, -0.05) is 12.1 Å². The number of hydrogen-bond acceptors (Lipinski definition) is 3. The monoisotopic (exact) mass is 251 g/mol. The summed E-state index contributed by atoms with van der Waals surface area (Å²) in [5.74, 6) is 0.0888. The molecule has 0 unspecified atom stereocenters. The van der Waals surface area contributed by atoms with Crippen molar-refractivity contribution in [1.82, 2.24) is 0 Å². The lowest BCUT2D eigenvalue weighted by molar-refractivity contribution is 0.0526. The van der Waals surface area contributed by atoms with E-state index in [-0.39, 0.29) is 0 Å². The quantitative estimate of drug-likeness (QED) is 0.597. The molecule has 0 fully saturated rings. The lowest BCUT2D eigenvalue weighted by atomic mass is 9.99. The summed E-state index contributed by atoms with van der Waals surface area (Å²) in [6.45, 7) is 2.04. The van der Waals surface area contributed by atoms with Crippen molar-refractivity contribution in [3.05, 3.63) is 34.9 Å². The summed E-state index contributed by atoms with van der Waals surface area (Å²) in [6.07, 6.45) is 1.47. The molecule has 4 heteroatoms. The Balaban J connectivity index is 3.06. The van der Waals surface area contributed by atoms with Crippen molar-refractivity contribution in [2.45, 2.75) is 19.8 Å². The Kier molecular flexibility index (Phi) is 5.51. The summed E-state index contributed by atoms with van der Waals surface area (Å²) < 4.78 is 4.91. The second-order valence-corrected chi connectivity index (χ2v) is 3.84. The highest BCUT2D eigenvalue weighted by molar-refractivity contribution is 6.17. The molecule has 1 aromatic carbocycles. The molecule has 0 spiro atoms. The summed E-state index contributed by atoms with van der Waals surface area (Å²) in [4.78, 5) is 11.7. The van der Waals surface area contributed by atoms with E-state index < -0.39 is 5.97 Å². The van der Waals surface area contributed by atoms with Crippen molar-refractivity contribution < 1.29 is 9.53 Å². The Bertz CT molecular complexity index is 438. The largest absolute Gasteiger partial charge is 0.462 e. The predicted octanol–water partition coefficient (Wildman–Crippen LogP) is 2.91. The van der Waals surface area contributed by atoms with Gasteiger partial charge >= 0.3 is 5.97 Å². The third-order valence-electron chi connectivity index (χ3n) is 2.34. The fourth-order valence-electron chi connectivity index (χ4n) is 1.58. The Hall–Kier alpha value is -1.53. The topological polar surface area (TPSA) is 50.1 Å². The molecule has 0 aliphatic carbocycles. The zero-order valence-corrected chi connectivity index (χ0v) is 10.5. The molecule has 90 valence electrons. The fraction of sp³-hybridized carbons (Fsp3) is 0.385. The van der Waals surface area contributed by atoms with Gasteiger partial charge in [-0.2, -0.15) is 5.26 Å². The Labute approximate surface area is 106 Å². The Morgan fingerprint density at radius 1 is 1.53 bits per heavy atom. The maximum atomic E-state index is 11.7. The van der Waals surface area contributed by atoms with E-state index in [2.05, 4.69) is 6.07 Å². The molecule has 0 radical (unpaired) electrons. The zero-order valence-electron chi connectivity index (χ0n) is 9.70. The second-order valence-electron chi connectivity index (χ2n) is 3.46. The van der Waals surface area contributed by atoms with Gasteiger partial charge in [0, 0.05) is 5.88 Å². The molecule has 1 aromatic rings. The minimum absolute atomic E-state index is 0.301. The van der Waals surface area contributed by atoms with Crippen LogP contribution < -0.4 is 0 Å². The van der Waals surface area contributed by atoms with Gasteiger partial charge in [0.05, 0.1) is 17.7 Å². The maximum Gasteiger partial charge on any atom is 0.339 e. The third-order valence-corrected chi connectivity index (χ3v) is 2.60. The van der Waals surface area contributed by atoms with Gasteiger partial charge in [0.25, 0.3) is 0 Å². The number of halogens is 1. The van der Waals surface area contributed by atoms with E-state index in [0.717, 1.165) is 12.0 Å². The first-order valence-corrected chi connectivity index (χ1v) is 6.03. The number of alkyl halides is 1. The number of ether oxygens (including phenoxy) is 1. The molecule has 0 N–H and O–H groups in total. The number of hydrogen-bond donors (Lipinski definition) is 0. The molecule has 0 aromatic heterocycles. The van der Waals surface area contributed by atoms with Gasteiger partial charge in [0.1, 0.15) is 6.07 Å². The van der Waals surface area contributed by atoms with Crippen molar-refractivity contribution in [2.75, 3.05) is 12.5 Å². The summed E-state index contributed by atoms with van der Waals surface area (Å²) in [7, 11) is 0. The van der Waals surface area contributed by atoms with E-state index in [4.69, 9.17) is 21.6 Å². The number of carbonyl (C=O) groups excluding carboxylic acids is 1. The zero-order chi connectivity index (χ0) is 12.7. The summed E-state index contributed by atoms with van der Waals surface area (Å²) in [5, 5.41) is 9.12. The highest BCUT2D eigenvalue weighted by atomic mass is 35.5. The minimum Gasteiger partial charge on any atom is -0.462 e. The molecule has 3 nitrogen and oxygen atoms in total. The number of benzene rings is 1. The number of esters is 1. The fourth-order valence-corrected chi connectivity index (χ4v) is 1.71. The van der Waals surface area contributed by atoms with Crippen molar-refractivity contribution in [3.63, 3.8) is 0 Å². The van der Waals surface area contributed by atoms with Crippen molar-refractivity contribution >= 4 is 17.6 Å². The van der Waals surface area contributed by atoms with E-state index in [0.29, 0.717) is 30.0 Å². The van der Waals surface area contributed by atoms with Crippen molar-refractivity contribution in [2.24, 2.45) is 0 Å².